The van der Waals surface area contributed by atoms with Crippen molar-refractivity contribution in [2.45, 2.75) is 57.8 Å². The van der Waals surface area contributed by atoms with Crippen LogP contribution in [0, 0.1) is 0 Å². The van der Waals surface area contributed by atoms with E-state index in [4.69, 9.17) is 10.2 Å². The highest BCUT2D eigenvalue weighted by Crippen LogP contribution is 2.13. The summed E-state index contributed by atoms with van der Waals surface area (Å²) < 4.78 is 0. The van der Waals surface area contributed by atoms with Crippen LogP contribution in [0.2, 0.25) is 0 Å². The lowest BCUT2D eigenvalue weighted by Gasteiger charge is -2.03. The molecular formula is C15H24O4. The monoisotopic (exact) mass is 268 g/mol. The van der Waals surface area contributed by atoms with Crippen LogP contribution in [-0.4, -0.2) is 22.2 Å². The fraction of sp³-hybridized carbons (Fsp3) is 0.600. The zero-order chi connectivity index (χ0) is 14.5. The van der Waals surface area contributed by atoms with Crippen molar-refractivity contribution in [2.24, 2.45) is 0 Å². The fourth-order valence-electron chi connectivity index (χ4n) is 1.82. The van der Waals surface area contributed by atoms with Crippen molar-refractivity contribution < 1.29 is 19.8 Å². The van der Waals surface area contributed by atoms with Crippen molar-refractivity contribution in [3.8, 4) is 0 Å². The highest BCUT2D eigenvalue weighted by molar-refractivity contribution is 5.87. The molecule has 0 aliphatic heterocycles. The fourth-order valence-corrected chi connectivity index (χ4v) is 1.82. The lowest BCUT2D eigenvalue weighted by molar-refractivity contribution is -0.136. The summed E-state index contributed by atoms with van der Waals surface area (Å²) in [4.78, 5) is 21.3. The Morgan fingerprint density at radius 2 is 1.53 bits per heavy atom. The van der Waals surface area contributed by atoms with E-state index in [9.17, 15) is 9.59 Å². The predicted octanol–water partition coefficient (Wildman–Crippen LogP) is 3.78. The lowest BCUT2D eigenvalue weighted by atomic mass is 10.0. The number of carboxylic acids is 2. The molecule has 108 valence electrons. The number of aliphatic carboxylic acids is 2. The third-order valence-corrected chi connectivity index (χ3v) is 2.90. The van der Waals surface area contributed by atoms with Gasteiger partial charge in [0.2, 0.25) is 0 Å². The summed E-state index contributed by atoms with van der Waals surface area (Å²) in [6.07, 6.45) is 10.9. The Bertz CT molecular complexity index is 318. The largest absolute Gasteiger partial charge is 0.481 e. The molecule has 0 atom stereocenters. The van der Waals surface area contributed by atoms with Gasteiger partial charge in [-0.3, -0.25) is 4.79 Å². The second kappa shape index (κ2) is 11.5. The van der Waals surface area contributed by atoms with Crippen molar-refractivity contribution >= 4 is 11.9 Å². The number of carboxylic acid groups (broad SMARTS) is 2. The lowest BCUT2D eigenvalue weighted by Crippen LogP contribution is -2.02. The number of carbonyl (C=O) groups is 2. The SMILES string of the molecule is C=CCCCCCCCC/C(=C/CC(=O)O)C(=O)O. The molecule has 0 radical (unpaired) electrons. The van der Waals surface area contributed by atoms with Crippen LogP contribution in [0.25, 0.3) is 0 Å². The van der Waals surface area contributed by atoms with Crippen molar-refractivity contribution in [3.63, 3.8) is 0 Å². The summed E-state index contributed by atoms with van der Waals surface area (Å²) in [5.74, 6) is -2.01. The van der Waals surface area contributed by atoms with Crippen LogP contribution in [0.5, 0.6) is 0 Å². The molecule has 0 amide bonds. The van der Waals surface area contributed by atoms with Gasteiger partial charge in [0.15, 0.2) is 0 Å². The molecule has 0 spiro atoms. The molecule has 0 fully saturated rings. The van der Waals surface area contributed by atoms with Crippen molar-refractivity contribution in [3.05, 3.63) is 24.3 Å². The maximum Gasteiger partial charge on any atom is 0.331 e. The van der Waals surface area contributed by atoms with Gasteiger partial charge in [-0.25, -0.2) is 4.79 Å². The average Bonchev–Trinajstić information content (AvgIpc) is 2.35. The first-order chi connectivity index (χ1) is 9.07. The third kappa shape index (κ3) is 11.3. The molecule has 4 heteroatoms. The minimum Gasteiger partial charge on any atom is -0.481 e. The highest BCUT2D eigenvalue weighted by Gasteiger charge is 2.07. The Hall–Kier alpha value is -1.58. The quantitative estimate of drug-likeness (QED) is 0.321. The van der Waals surface area contributed by atoms with Gasteiger partial charge in [-0.1, -0.05) is 37.8 Å². The van der Waals surface area contributed by atoms with Crippen LogP contribution in [-0.2, 0) is 9.59 Å². The van der Waals surface area contributed by atoms with E-state index in [2.05, 4.69) is 6.58 Å². The number of allylic oxidation sites excluding steroid dienone is 1. The van der Waals surface area contributed by atoms with Crippen molar-refractivity contribution in [1.29, 1.82) is 0 Å². The van der Waals surface area contributed by atoms with Crippen molar-refractivity contribution in [1.82, 2.24) is 0 Å². The first-order valence-corrected chi connectivity index (χ1v) is 6.83. The number of rotatable bonds is 12. The van der Waals surface area contributed by atoms with Crippen molar-refractivity contribution in [2.75, 3.05) is 0 Å². The molecule has 0 aromatic carbocycles. The second-order valence-corrected chi connectivity index (χ2v) is 4.58. The zero-order valence-corrected chi connectivity index (χ0v) is 11.4. The van der Waals surface area contributed by atoms with Gasteiger partial charge in [0.1, 0.15) is 0 Å². The maximum atomic E-state index is 10.9. The van der Waals surface area contributed by atoms with Crippen LogP contribution in [0.15, 0.2) is 24.3 Å². The van der Waals surface area contributed by atoms with E-state index in [0.717, 1.165) is 32.1 Å². The average molecular weight is 268 g/mol. The standard InChI is InChI=1S/C15H24O4/c1-2-3-4-5-6-7-8-9-10-13(15(18)19)11-12-14(16)17/h2,11H,1,3-10,12H2,(H,16,17)(H,18,19)/b13-11-. The van der Waals surface area contributed by atoms with E-state index in [-0.39, 0.29) is 12.0 Å². The molecule has 2 N–H and O–H groups in total. The molecule has 0 saturated heterocycles. The first kappa shape index (κ1) is 17.4. The number of hydrogen-bond acceptors (Lipinski definition) is 2. The molecule has 0 saturated carbocycles. The van der Waals surface area contributed by atoms with E-state index in [0.29, 0.717) is 6.42 Å². The van der Waals surface area contributed by atoms with Gasteiger partial charge >= 0.3 is 11.9 Å². The van der Waals surface area contributed by atoms with Gasteiger partial charge in [-0.05, 0) is 25.7 Å². The summed E-state index contributed by atoms with van der Waals surface area (Å²) in [6, 6.07) is 0. The van der Waals surface area contributed by atoms with Gasteiger partial charge in [0, 0.05) is 5.57 Å². The van der Waals surface area contributed by atoms with Gasteiger partial charge in [0.25, 0.3) is 0 Å². The molecular weight excluding hydrogens is 244 g/mol. The smallest absolute Gasteiger partial charge is 0.331 e. The summed E-state index contributed by atoms with van der Waals surface area (Å²) in [5, 5.41) is 17.4. The summed E-state index contributed by atoms with van der Waals surface area (Å²) in [5.41, 5.74) is 0.217. The molecule has 4 nitrogen and oxygen atoms in total. The normalized spacial score (nSPS) is 11.3. The molecule has 0 heterocycles. The van der Waals surface area contributed by atoms with Gasteiger partial charge in [-0.2, -0.15) is 0 Å². The van der Waals surface area contributed by atoms with E-state index < -0.39 is 11.9 Å². The summed E-state index contributed by atoms with van der Waals surface area (Å²) in [7, 11) is 0. The van der Waals surface area contributed by atoms with E-state index in [1.807, 2.05) is 6.08 Å². The Morgan fingerprint density at radius 1 is 0.947 bits per heavy atom. The Morgan fingerprint density at radius 3 is 2.05 bits per heavy atom. The number of hydrogen-bond donors (Lipinski definition) is 2. The Kier molecular flexibility index (Phi) is 10.6. The van der Waals surface area contributed by atoms with E-state index in [1.165, 1.54) is 18.9 Å². The predicted molar refractivity (Wildman–Crippen MR) is 75.1 cm³/mol. The summed E-state index contributed by atoms with van der Waals surface area (Å²) in [6.45, 7) is 3.67. The van der Waals surface area contributed by atoms with Gasteiger partial charge in [0.05, 0.1) is 6.42 Å². The maximum absolute atomic E-state index is 10.9. The zero-order valence-electron chi connectivity index (χ0n) is 11.4. The Labute approximate surface area is 114 Å². The molecule has 0 bridgehead atoms. The van der Waals surface area contributed by atoms with E-state index >= 15 is 0 Å². The molecule has 0 aliphatic carbocycles. The number of unbranched alkanes of at least 4 members (excludes halogenated alkanes) is 6. The van der Waals surface area contributed by atoms with Crippen LogP contribution in [0.3, 0.4) is 0 Å². The van der Waals surface area contributed by atoms with Gasteiger partial charge in [-0.15, -0.1) is 6.58 Å². The highest BCUT2D eigenvalue weighted by atomic mass is 16.4. The second-order valence-electron chi connectivity index (χ2n) is 4.58. The molecule has 0 aromatic heterocycles. The molecule has 0 rings (SSSR count). The minimum absolute atomic E-state index is 0.217. The summed E-state index contributed by atoms with van der Waals surface area (Å²) >= 11 is 0. The van der Waals surface area contributed by atoms with Crippen LogP contribution in [0.4, 0.5) is 0 Å². The first-order valence-electron chi connectivity index (χ1n) is 6.83. The van der Waals surface area contributed by atoms with Crippen LogP contribution < -0.4 is 0 Å². The Balaban J connectivity index is 3.70. The molecule has 19 heavy (non-hydrogen) atoms. The van der Waals surface area contributed by atoms with Gasteiger partial charge < -0.3 is 10.2 Å². The third-order valence-electron chi connectivity index (χ3n) is 2.90. The van der Waals surface area contributed by atoms with Crippen LogP contribution in [0.1, 0.15) is 57.8 Å². The van der Waals surface area contributed by atoms with E-state index in [1.54, 1.807) is 0 Å². The topological polar surface area (TPSA) is 74.6 Å². The van der Waals surface area contributed by atoms with Crippen LogP contribution >= 0.6 is 0 Å². The molecule has 0 unspecified atom stereocenters. The minimum atomic E-state index is -1.01. The molecule has 0 aliphatic rings. The molecule has 0 aromatic rings.